The number of hydrogen-bond donors (Lipinski definition) is 2. The zero-order chi connectivity index (χ0) is 19.3. The molecule has 3 heteroatoms. The Morgan fingerprint density at radius 1 is 0.714 bits per heavy atom. The average Bonchev–Trinajstić information content (AvgIpc) is 3.32. The van der Waals surface area contributed by atoms with Crippen LogP contribution in [-0.2, 0) is 0 Å². The summed E-state index contributed by atoms with van der Waals surface area (Å²) >= 11 is 0. The molecule has 0 bridgehead atoms. The standard InChI is InChI=1S/C25H18O3/c26-24-22(25(27)28)14-13-21(19-11-9-15-5-1-3-7-17(15)19)23(24)20-12-10-16-6-2-4-8-18(16)20/h1-14,19-20,26H,(H,27,28). The Balaban J connectivity index is 1.74. The normalized spacial score (nSPS) is 18.9. The smallest absolute Gasteiger partial charge is 0.339 e. The van der Waals surface area contributed by atoms with Crippen LogP contribution in [0.5, 0.6) is 5.75 Å². The molecule has 3 aromatic rings. The molecule has 3 nitrogen and oxygen atoms in total. The molecule has 2 N–H and O–H groups in total. The fraction of sp³-hybridized carbons (Fsp3) is 0.0800. The van der Waals surface area contributed by atoms with Crippen molar-refractivity contribution in [1.29, 1.82) is 0 Å². The first-order valence-corrected chi connectivity index (χ1v) is 9.28. The number of phenols is 1. The van der Waals surface area contributed by atoms with Crippen molar-refractivity contribution in [3.8, 4) is 5.75 Å². The lowest BCUT2D eigenvalue weighted by atomic mass is 9.81. The van der Waals surface area contributed by atoms with Gasteiger partial charge in [0.2, 0.25) is 0 Å². The van der Waals surface area contributed by atoms with Gasteiger partial charge in [-0.15, -0.1) is 0 Å². The second-order valence-corrected chi connectivity index (χ2v) is 7.20. The Morgan fingerprint density at radius 2 is 1.29 bits per heavy atom. The van der Waals surface area contributed by atoms with E-state index in [0.29, 0.717) is 5.56 Å². The molecule has 0 saturated carbocycles. The van der Waals surface area contributed by atoms with E-state index in [9.17, 15) is 15.0 Å². The van der Waals surface area contributed by atoms with Gasteiger partial charge < -0.3 is 10.2 Å². The van der Waals surface area contributed by atoms with Crippen molar-refractivity contribution in [2.75, 3.05) is 0 Å². The van der Waals surface area contributed by atoms with E-state index in [1.165, 1.54) is 11.6 Å². The van der Waals surface area contributed by atoms with Gasteiger partial charge in [-0.1, -0.05) is 78.9 Å². The van der Waals surface area contributed by atoms with Crippen LogP contribution >= 0.6 is 0 Å². The second kappa shape index (κ2) is 6.24. The zero-order valence-electron chi connectivity index (χ0n) is 15.0. The Labute approximate surface area is 162 Å². The molecule has 2 aliphatic rings. The van der Waals surface area contributed by atoms with Gasteiger partial charge in [0.15, 0.2) is 0 Å². The van der Waals surface area contributed by atoms with Crippen molar-refractivity contribution in [1.82, 2.24) is 0 Å². The van der Waals surface area contributed by atoms with Gasteiger partial charge in [0.25, 0.3) is 0 Å². The van der Waals surface area contributed by atoms with Crippen LogP contribution in [0.25, 0.3) is 12.2 Å². The monoisotopic (exact) mass is 366 g/mol. The lowest BCUT2D eigenvalue weighted by Crippen LogP contribution is -2.09. The number of aromatic carboxylic acids is 1. The van der Waals surface area contributed by atoms with E-state index < -0.39 is 5.97 Å². The maximum atomic E-state index is 11.7. The summed E-state index contributed by atoms with van der Waals surface area (Å²) in [4.78, 5) is 11.7. The Bertz CT molecular complexity index is 1170. The predicted molar refractivity (Wildman–Crippen MR) is 110 cm³/mol. The molecule has 28 heavy (non-hydrogen) atoms. The summed E-state index contributed by atoms with van der Waals surface area (Å²) in [5.41, 5.74) is 6.05. The highest BCUT2D eigenvalue weighted by Gasteiger charge is 2.31. The predicted octanol–water partition coefficient (Wildman–Crippen LogP) is 5.41. The van der Waals surface area contributed by atoms with E-state index in [2.05, 4.69) is 24.3 Å². The first-order valence-electron chi connectivity index (χ1n) is 9.28. The molecule has 0 heterocycles. The summed E-state index contributed by atoms with van der Waals surface area (Å²) in [5, 5.41) is 20.5. The first-order chi connectivity index (χ1) is 13.6. The van der Waals surface area contributed by atoms with Crippen LogP contribution in [0, 0.1) is 0 Å². The molecule has 2 unspecified atom stereocenters. The van der Waals surface area contributed by atoms with Crippen molar-refractivity contribution in [2.24, 2.45) is 0 Å². The number of hydrogen-bond acceptors (Lipinski definition) is 2. The molecule has 5 rings (SSSR count). The minimum atomic E-state index is -1.12. The molecule has 136 valence electrons. The fourth-order valence-corrected chi connectivity index (χ4v) is 4.42. The van der Waals surface area contributed by atoms with E-state index in [1.807, 2.05) is 54.6 Å². The van der Waals surface area contributed by atoms with E-state index >= 15 is 0 Å². The van der Waals surface area contributed by atoms with Gasteiger partial charge in [0.05, 0.1) is 0 Å². The van der Waals surface area contributed by atoms with Crippen molar-refractivity contribution in [3.05, 3.63) is 112 Å². The van der Waals surface area contributed by atoms with Crippen molar-refractivity contribution in [3.63, 3.8) is 0 Å². The number of rotatable bonds is 3. The highest BCUT2D eigenvalue weighted by atomic mass is 16.4. The maximum absolute atomic E-state index is 11.7. The van der Waals surface area contributed by atoms with Crippen LogP contribution in [0.4, 0.5) is 0 Å². The van der Waals surface area contributed by atoms with Gasteiger partial charge >= 0.3 is 5.97 Å². The van der Waals surface area contributed by atoms with E-state index in [0.717, 1.165) is 22.3 Å². The maximum Gasteiger partial charge on any atom is 0.339 e. The SMILES string of the molecule is O=C(O)c1ccc(C2C=Cc3ccccc32)c(C2C=Cc3ccccc32)c1O. The first kappa shape index (κ1) is 16.6. The topological polar surface area (TPSA) is 57.5 Å². The summed E-state index contributed by atoms with van der Waals surface area (Å²) in [5.74, 6) is -1.45. The van der Waals surface area contributed by atoms with Gasteiger partial charge in [-0.3, -0.25) is 0 Å². The van der Waals surface area contributed by atoms with Crippen molar-refractivity contribution >= 4 is 18.1 Å². The third-order valence-electron chi connectivity index (χ3n) is 5.73. The summed E-state index contributed by atoms with van der Waals surface area (Å²) in [6.07, 6.45) is 8.28. The van der Waals surface area contributed by atoms with Gasteiger partial charge in [0.1, 0.15) is 11.3 Å². The Kier molecular flexibility index (Phi) is 3.69. The van der Waals surface area contributed by atoms with Gasteiger partial charge in [0, 0.05) is 17.4 Å². The number of carboxylic acids is 1. The molecule has 0 fully saturated rings. The van der Waals surface area contributed by atoms with Gasteiger partial charge in [-0.2, -0.15) is 0 Å². The second-order valence-electron chi connectivity index (χ2n) is 7.20. The molecule has 0 spiro atoms. The van der Waals surface area contributed by atoms with Crippen molar-refractivity contribution < 1.29 is 15.0 Å². The molecule has 0 aromatic heterocycles. The van der Waals surface area contributed by atoms with Gasteiger partial charge in [-0.05, 0) is 33.9 Å². The number of benzene rings is 3. The van der Waals surface area contributed by atoms with Crippen molar-refractivity contribution in [2.45, 2.75) is 11.8 Å². The number of fused-ring (bicyclic) bond motifs is 2. The number of carbonyl (C=O) groups is 1. The Morgan fingerprint density at radius 3 is 1.93 bits per heavy atom. The minimum Gasteiger partial charge on any atom is -0.507 e. The Hall–Kier alpha value is -3.59. The van der Waals surface area contributed by atoms with Gasteiger partial charge in [-0.25, -0.2) is 4.79 Å². The quantitative estimate of drug-likeness (QED) is 0.652. The molecule has 2 aliphatic carbocycles. The third kappa shape index (κ3) is 2.40. The lowest BCUT2D eigenvalue weighted by Gasteiger charge is -2.23. The summed E-state index contributed by atoms with van der Waals surface area (Å²) < 4.78 is 0. The lowest BCUT2D eigenvalue weighted by molar-refractivity contribution is 0.0693. The number of allylic oxidation sites excluding steroid dienone is 2. The van der Waals surface area contributed by atoms with E-state index in [1.54, 1.807) is 0 Å². The molecule has 0 radical (unpaired) electrons. The summed E-state index contributed by atoms with van der Waals surface area (Å²) in [7, 11) is 0. The average molecular weight is 366 g/mol. The van der Waals surface area contributed by atoms with E-state index in [4.69, 9.17) is 0 Å². The minimum absolute atomic E-state index is 0.0129. The third-order valence-corrected chi connectivity index (χ3v) is 5.73. The molecule has 3 aromatic carbocycles. The molecular weight excluding hydrogens is 348 g/mol. The van der Waals surface area contributed by atoms with Crippen LogP contribution in [0.15, 0.2) is 72.8 Å². The number of aromatic hydroxyl groups is 1. The zero-order valence-corrected chi connectivity index (χ0v) is 15.0. The molecule has 0 amide bonds. The fourth-order valence-electron chi connectivity index (χ4n) is 4.42. The summed E-state index contributed by atoms with van der Waals surface area (Å²) in [6.45, 7) is 0. The van der Waals surface area contributed by atoms with Crippen LogP contribution in [-0.4, -0.2) is 16.2 Å². The van der Waals surface area contributed by atoms with Crippen LogP contribution < -0.4 is 0 Å². The molecule has 2 atom stereocenters. The van der Waals surface area contributed by atoms with Crippen LogP contribution in [0.3, 0.4) is 0 Å². The molecule has 0 saturated heterocycles. The van der Waals surface area contributed by atoms with E-state index in [-0.39, 0.29) is 23.1 Å². The van der Waals surface area contributed by atoms with Crippen LogP contribution in [0.1, 0.15) is 55.6 Å². The highest BCUT2D eigenvalue weighted by molar-refractivity contribution is 5.92. The highest BCUT2D eigenvalue weighted by Crippen LogP contribution is 2.47. The molecule has 0 aliphatic heterocycles. The molecular formula is C25H18O3. The summed E-state index contributed by atoms with van der Waals surface area (Å²) in [6, 6.07) is 19.6. The number of carboxylic acid groups (broad SMARTS) is 1. The van der Waals surface area contributed by atoms with Crippen LogP contribution in [0.2, 0.25) is 0 Å². The largest absolute Gasteiger partial charge is 0.507 e.